The van der Waals surface area contributed by atoms with Crippen molar-refractivity contribution in [2.45, 2.75) is 31.6 Å². The van der Waals surface area contributed by atoms with E-state index in [0.717, 1.165) is 16.7 Å². The number of hydrogen-bond acceptors (Lipinski definition) is 7. The number of phenolic OH excluding ortho intramolecular Hbond substituents is 4. The number of hydrogen-bond donors (Lipinski definition) is 4. The molecule has 0 spiro atoms. The van der Waals surface area contributed by atoms with Crippen LogP contribution >= 0.6 is 0 Å². The van der Waals surface area contributed by atoms with Gasteiger partial charge in [-0.15, -0.1) is 0 Å². The van der Waals surface area contributed by atoms with Crippen molar-refractivity contribution in [2.24, 2.45) is 0 Å². The molecule has 0 amide bonds. The third-order valence-corrected chi connectivity index (χ3v) is 6.91. The molecule has 7 nitrogen and oxygen atoms in total. The van der Waals surface area contributed by atoms with Gasteiger partial charge in [0.15, 0.2) is 5.78 Å². The summed E-state index contributed by atoms with van der Waals surface area (Å²) in [5, 5.41) is 40.6. The third-order valence-electron chi connectivity index (χ3n) is 6.91. The molecular weight excluding hydrogens is 496 g/mol. The van der Waals surface area contributed by atoms with Gasteiger partial charge in [-0.25, -0.2) is 0 Å². The Morgan fingerprint density at radius 3 is 1.97 bits per heavy atom. The Kier molecular flexibility index (Phi) is 8.61. The van der Waals surface area contributed by atoms with Crippen LogP contribution in [0.25, 0.3) is 0 Å². The van der Waals surface area contributed by atoms with Crippen LogP contribution in [0.4, 0.5) is 0 Å². The van der Waals surface area contributed by atoms with Crippen LogP contribution in [0.3, 0.4) is 0 Å². The summed E-state index contributed by atoms with van der Waals surface area (Å²) in [7, 11) is 3.08. The predicted molar refractivity (Wildman–Crippen MR) is 148 cm³/mol. The number of ether oxygens (including phenoxy) is 2. The summed E-state index contributed by atoms with van der Waals surface area (Å²) in [5.74, 6) is 1.18. The summed E-state index contributed by atoms with van der Waals surface area (Å²) in [5.41, 5.74) is 3.60. The lowest BCUT2D eigenvalue weighted by molar-refractivity contribution is 0.0982. The molecule has 0 saturated carbocycles. The van der Waals surface area contributed by atoms with Crippen molar-refractivity contribution < 1.29 is 34.7 Å². The van der Waals surface area contributed by atoms with Crippen LogP contribution in [-0.2, 0) is 12.8 Å². The van der Waals surface area contributed by atoms with Gasteiger partial charge in [0.1, 0.15) is 34.5 Å². The maximum atomic E-state index is 12.7. The first-order valence-corrected chi connectivity index (χ1v) is 12.7. The highest BCUT2D eigenvalue weighted by Gasteiger charge is 2.22. The fourth-order valence-electron chi connectivity index (χ4n) is 4.71. The van der Waals surface area contributed by atoms with E-state index in [1.165, 1.54) is 19.2 Å². The van der Waals surface area contributed by atoms with Gasteiger partial charge in [0.25, 0.3) is 0 Å². The predicted octanol–water partition coefficient (Wildman–Crippen LogP) is 6.11. The number of aryl methyl sites for hydroxylation is 2. The topological polar surface area (TPSA) is 116 Å². The SMILES string of the molecule is COc1ccc(CC[C@H](c2ccc(O)cc2)c2cc(CCC(=O)c3ccc(O)cc3)c(O)cc2OC)c(O)c1. The molecule has 0 unspecified atom stereocenters. The van der Waals surface area contributed by atoms with Crippen LogP contribution in [0, 0.1) is 0 Å². The molecular formula is C32H32O7. The summed E-state index contributed by atoms with van der Waals surface area (Å²) < 4.78 is 10.8. The number of ketones is 1. The maximum Gasteiger partial charge on any atom is 0.163 e. The van der Waals surface area contributed by atoms with Crippen molar-refractivity contribution in [3.05, 3.63) is 107 Å². The molecule has 39 heavy (non-hydrogen) atoms. The minimum Gasteiger partial charge on any atom is -0.508 e. The van der Waals surface area contributed by atoms with Crippen molar-refractivity contribution in [2.75, 3.05) is 14.2 Å². The van der Waals surface area contributed by atoms with E-state index >= 15 is 0 Å². The smallest absolute Gasteiger partial charge is 0.163 e. The molecule has 0 aliphatic heterocycles. The molecule has 4 rings (SSSR count). The minimum absolute atomic E-state index is 0.0337. The molecule has 0 heterocycles. The third kappa shape index (κ3) is 6.62. The van der Waals surface area contributed by atoms with Gasteiger partial charge in [-0.05, 0) is 84.5 Å². The van der Waals surface area contributed by atoms with Crippen molar-refractivity contribution in [1.29, 1.82) is 0 Å². The van der Waals surface area contributed by atoms with Gasteiger partial charge < -0.3 is 29.9 Å². The molecule has 0 bridgehead atoms. The van der Waals surface area contributed by atoms with E-state index in [1.54, 1.807) is 49.6 Å². The van der Waals surface area contributed by atoms with Gasteiger partial charge in [-0.2, -0.15) is 0 Å². The maximum absolute atomic E-state index is 12.7. The van der Waals surface area contributed by atoms with Gasteiger partial charge in [-0.3, -0.25) is 4.79 Å². The molecule has 4 aromatic rings. The zero-order valence-electron chi connectivity index (χ0n) is 21.9. The number of aromatic hydroxyl groups is 4. The summed E-state index contributed by atoms with van der Waals surface area (Å²) in [6, 6.07) is 21.7. The van der Waals surface area contributed by atoms with Crippen LogP contribution in [0.5, 0.6) is 34.5 Å². The molecule has 0 fully saturated rings. The van der Waals surface area contributed by atoms with Crippen molar-refractivity contribution in [3.63, 3.8) is 0 Å². The molecule has 0 radical (unpaired) electrons. The van der Waals surface area contributed by atoms with E-state index in [-0.39, 0.29) is 41.1 Å². The molecule has 0 saturated heterocycles. The van der Waals surface area contributed by atoms with E-state index in [2.05, 4.69) is 0 Å². The normalized spacial score (nSPS) is 11.6. The Bertz CT molecular complexity index is 1430. The fraction of sp³-hybridized carbons (Fsp3) is 0.219. The highest BCUT2D eigenvalue weighted by atomic mass is 16.5. The van der Waals surface area contributed by atoms with E-state index in [4.69, 9.17) is 9.47 Å². The molecule has 4 N–H and O–H groups in total. The first kappa shape index (κ1) is 27.4. The number of carbonyl (C=O) groups excluding carboxylic acids is 1. The standard InChI is InChI=1S/C32H32O7/c1-38-26-14-7-22(30(36)18-26)8-15-27(20-3-10-24(33)11-4-20)28-17-23(31(37)19-32(28)39-2)9-16-29(35)21-5-12-25(34)13-6-21/h3-7,10-14,17-19,27,33-34,36-37H,8-9,15-16H2,1-2H3/t27-/m1/s1. The Hall–Kier alpha value is -4.65. The second kappa shape index (κ2) is 12.3. The fourth-order valence-corrected chi connectivity index (χ4v) is 4.71. The number of benzene rings is 4. The Balaban J connectivity index is 1.65. The Morgan fingerprint density at radius 2 is 1.36 bits per heavy atom. The largest absolute Gasteiger partial charge is 0.508 e. The van der Waals surface area contributed by atoms with Crippen molar-refractivity contribution >= 4 is 5.78 Å². The number of methoxy groups -OCH3 is 2. The first-order chi connectivity index (χ1) is 18.8. The summed E-state index contributed by atoms with van der Waals surface area (Å²) in [6.07, 6.45) is 1.62. The lowest BCUT2D eigenvalue weighted by Gasteiger charge is -2.23. The van der Waals surface area contributed by atoms with E-state index in [1.807, 2.05) is 24.3 Å². The van der Waals surface area contributed by atoms with Gasteiger partial charge in [0.2, 0.25) is 0 Å². The van der Waals surface area contributed by atoms with Crippen molar-refractivity contribution in [1.82, 2.24) is 0 Å². The second-order valence-electron chi connectivity index (χ2n) is 9.37. The van der Waals surface area contributed by atoms with Gasteiger partial charge in [-0.1, -0.05) is 18.2 Å². The van der Waals surface area contributed by atoms with Gasteiger partial charge in [0.05, 0.1) is 14.2 Å². The average Bonchev–Trinajstić information content (AvgIpc) is 2.94. The summed E-state index contributed by atoms with van der Waals surface area (Å²) >= 11 is 0. The molecule has 7 heteroatoms. The van der Waals surface area contributed by atoms with Crippen LogP contribution in [0.15, 0.2) is 78.9 Å². The van der Waals surface area contributed by atoms with Gasteiger partial charge in [0, 0.05) is 35.6 Å². The highest BCUT2D eigenvalue weighted by Crippen LogP contribution is 2.40. The quantitative estimate of drug-likeness (QED) is 0.174. The second-order valence-corrected chi connectivity index (χ2v) is 9.37. The number of phenols is 4. The summed E-state index contributed by atoms with van der Waals surface area (Å²) in [6.45, 7) is 0. The van der Waals surface area contributed by atoms with E-state index in [0.29, 0.717) is 41.9 Å². The highest BCUT2D eigenvalue weighted by molar-refractivity contribution is 5.96. The number of rotatable bonds is 11. The van der Waals surface area contributed by atoms with Crippen LogP contribution in [-0.4, -0.2) is 40.4 Å². The molecule has 0 aliphatic carbocycles. The first-order valence-electron chi connectivity index (χ1n) is 12.7. The lowest BCUT2D eigenvalue weighted by atomic mass is 9.84. The number of carbonyl (C=O) groups is 1. The number of Topliss-reactive ketones (excluding diaryl/α,β-unsaturated/α-hetero) is 1. The molecule has 4 aromatic carbocycles. The lowest BCUT2D eigenvalue weighted by Crippen LogP contribution is -2.07. The summed E-state index contributed by atoms with van der Waals surface area (Å²) in [4.78, 5) is 12.7. The van der Waals surface area contributed by atoms with Crippen LogP contribution in [0.2, 0.25) is 0 Å². The monoisotopic (exact) mass is 528 g/mol. The minimum atomic E-state index is -0.200. The zero-order chi connectivity index (χ0) is 27.9. The van der Waals surface area contributed by atoms with Crippen LogP contribution in [0.1, 0.15) is 51.4 Å². The van der Waals surface area contributed by atoms with E-state index in [9.17, 15) is 25.2 Å². The van der Waals surface area contributed by atoms with Crippen LogP contribution < -0.4 is 9.47 Å². The van der Waals surface area contributed by atoms with E-state index < -0.39 is 0 Å². The molecule has 202 valence electrons. The zero-order valence-corrected chi connectivity index (χ0v) is 21.9. The van der Waals surface area contributed by atoms with Gasteiger partial charge >= 0.3 is 0 Å². The molecule has 0 aliphatic rings. The molecule has 1 atom stereocenters. The molecule has 0 aromatic heterocycles. The Labute approximate surface area is 227 Å². The Morgan fingerprint density at radius 1 is 0.718 bits per heavy atom. The average molecular weight is 529 g/mol. The van der Waals surface area contributed by atoms with Crippen molar-refractivity contribution in [3.8, 4) is 34.5 Å².